The summed E-state index contributed by atoms with van der Waals surface area (Å²) in [5.74, 6) is -0.931. The summed E-state index contributed by atoms with van der Waals surface area (Å²) in [5, 5.41) is 5.76. The lowest BCUT2D eigenvalue weighted by Crippen LogP contribution is -2.14. The lowest BCUT2D eigenvalue weighted by molar-refractivity contribution is -0.141. The largest absolute Gasteiger partial charge is 0.435 e. The fraction of sp³-hybridized carbons (Fsp3) is 0.250. The van der Waals surface area contributed by atoms with Crippen LogP contribution in [-0.2, 0) is 19.4 Å². The van der Waals surface area contributed by atoms with Gasteiger partial charge in [0.1, 0.15) is 11.6 Å². The highest BCUT2D eigenvalue weighted by atomic mass is 19.4. The van der Waals surface area contributed by atoms with Gasteiger partial charge in [0.2, 0.25) is 0 Å². The van der Waals surface area contributed by atoms with E-state index in [0.29, 0.717) is 0 Å². The zero-order valence-corrected chi connectivity index (χ0v) is 17.1. The van der Waals surface area contributed by atoms with Crippen molar-refractivity contribution < 1.29 is 31.1 Å². The van der Waals surface area contributed by atoms with E-state index < -0.39 is 29.5 Å². The van der Waals surface area contributed by atoms with Crippen molar-refractivity contribution in [3.05, 3.63) is 59.3 Å². The average Bonchev–Trinajstić information content (AvgIpc) is 3.11. The molecule has 3 aromatic rings. The topological polar surface area (TPSA) is 85.8 Å². The zero-order chi connectivity index (χ0) is 24.3. The summed E-state index contributed by atoms with van der Waals surface area (Å²) in [6.45, 7) is 4.00. The second-order valence-electron chi connectivity index (χ2n) is 6.19. The molecule has 0 aliphatic rings. The van der Waals surface area contributed by atoms with E-state index in [1.807, 2.05) is 13.8 Å². The molecule has 0 saturated carbocycles. The first-order valence-electron chi connectivity index (χ1n) is 9.23. The number of aromatic nitrogens is 3. The van der Waals surface area contributed by atoms with Gasteiger partial charge in [-0.3, -0.25) is 9.48 Å². The average molecular weight is 459 g/mol. The van der Waals surface area contributed by atoms with Gasteiger partial charge in [-0.15, -0.1) is 0 Å². The highest BCUT2D eigenvalue weighted by Gasteiger charge is 2.35. The maximum Gasteiger partial charge on any atom is 0.435 e. The number of nitrogen functional groups attached to an aromatic ring is 1. The first-order chi connectivity index (χ1) is 14.9. The SMILES string of the molecule is CC.Cn1nc(C(F)(F)F)cc1-c1ccc(NC(=O)c2ccc(C(F)(F)F)cc2)nc1N. The predicted octanol–water partition coefficient (Wildman–Crippen LogP) is 5.38. The molecule has 0 saturated heterocycles. The van der Waals surface area contributed by atoms with Gasteiger partial charge < -0.3 is 11.1 Å². The number of hydrogen-bond donors (Lipinski definition) is 2. The third-order valence-electron chi connectivity index (χ3n) is 4.09. The second-order valence-corrected chi connectivity index (χ2v) is 6.19. The first kappa shape index (κ1) is 24.7. The molecule has 0 unspecified atom stereocenters. The lowest BCUT2D eigenvalue weighted by Gasteiger charge is -2.10. The van der Waals surface area contributed by atoms with E-state index >= 15 is 0 Å². The van der Waals surface area contributed by atoms with E-state index in [1.165, 1.54) is 19.2 Å². The van der Waals surface area contributed by atoms with Crippen LogP contribution in [0.25, 0.3) is 11.3 Å². The van der Waals surface area contributed by atoms with Crippen molar-refractivity contribution in [1.82, 2.24) is 14.8 Å². The number of carbonyl (C=O) groups is 1. The molecule has 0 fully saturated rings. The number of rotatable bonds is 3. The van der Waals surface area contributed by atoms with Crippen LogP contribution in [-0.4, -0.2) is 20.7 Å². The summed E-state index contributed by atoms with van der Waals surface area (Å²) in [6, 6.07) is 7.00. The summed E-state index contributed by atoms with van der Waals surface area (Å²) in [7, 11) is 1.31. The van der Waals surface area contributed by atoms with Crippen LogP contribution in [0.4, 0.5) is 38.0 Å². The normalized spacial score (nSPS) is 11.5. The van der Waals surface area contributed by atoms with E-state index in [0.717, 1.165) is 35.0 Å². The molecule has 3 rings (SSSR count). The first-order valence-corrected chi connectivity index (χ1v) is 9.23. The van der Waals surface area contributed by atoms with Crippen molar-refractivity contribution in [1.29, 1.82) is 0 Å². The molecule has 32 heavy (non-hydrogen) atoms. The van der Waals surface area contributed by atoms with Crippen molar-refractivity contribution >= 4 is 17.5 Å². The predicted molar refractivity (Wildman–Crippen MR) is 107 cm³/mol. The van der Waals surface area contributed by atoms with Crippen LogP contribution in [0.15, 0.2) is 42.5 Å². The van der Waals surface area contributed by atoms with Crippen LogP contribution in [0, 0.1) is 0 Å². The number of aryl methyl sites for hydroxylation is 1. The molecule has 2 heterocycles. The van der Waals surface area contributed by atoms with Gasteiger partial charge in [0, 0.05) is 18.2 Å². The van der Waals surface area contributed by atoms with Crippen molar-refractivity contribution in [3.8, 4) is 11.3 Å². The molecule has 172 valence electrons. The number of alkyl halides is 6. The Bertz CT molecular complexity index is 1090. The summed E-state index contributed by atoms with van der Waals surface area (Å²) in [5.41, 5.74) is 3.99. The molecule has 0 spiro atoms. The number of nitrogens with two attached hydrogens (primary N) is 1. The highest BCUT2D eigenvalue weighted by molar-refractivity contribution is 6.04. The van der Waals surface area contributed by atoms with Gasteiger partial charge in [0.05, 0.1) is 11.3 Å². The number of nitrogens with zero attached hydrogens (tertiary/aromatic N) is 3. The maximum absolute atomic E-state index is 12.8. The summed E-state index contributed by atoms with van der Waals surface area (Å²) in [6.07, 6.45) is -9.16. The molecule has 12 heteroatoms. The van der Waals surface area contributed by atoms with Gasteiger partial charge in [-0.25, -0.2) is 4.98 Å². The minimum atomic E-state index is -4.63. The number of benzene rings is 1. The molecule has 1 amide bonds. The van der Waals surface area contributed by atoms with Crippen molar-refractivity contribution in [2.24, 2.45) is 7.05 Å². The molecule has 3 N–H and O–H groups in total. The van der Waals surface area contributed by atoms with Gasteiger partial charge in [0.25, 0.3) is 5.91 Å². The standard InChI is InChI=1S/C18H13F6N5O.C2H6/c1-29-12(8-13(28-29)18(22,23)24)11-6-7-14(26-15(11)25)27-16(30)9-2-4-10(5-3-9)17(19,20)21;1-2/h2-8H,1H3,(H3,25,26,27,30);1-2H3. The number of halogens is 6. The highest BCUT2D eigenvalue weighted by Crippen LogP contribution is 2.33. The van der Waals surface area contributed by atoms with Gasteiger partial charge in [0.15, 0.2) is 5.69 Å². The molecule has 0 bridgehead atoms. The van der Waals surface area contributed by atoms with Gasteiger partial charge in [-0.05, 0) is 42.5 Å². The van der Waals surface area contributed by atoms with Crippen LogP contribution in [0.3, 0.4) is 0 Å². The smallest absolute Gasteiger partial charge is 0.383 e. The molecular formula is C20H19F6N5O. The van der Waals surface area contributed by atoms with Gasteiger partial charge >= 0.3 is 12.4 Å². The van der Waals surface area contributed by atoms with Crippen molar-refractivity contribution in [2.45, 2.75) is 26.2 Å². The van der Waals surface area contributed by atoms with Crippen LogP contribution in [0.2, 0.25) is 0 Å². The summed E-state index contributed by atoms with van der Waals surface area (Å²) >= 11 is 0. The summed E-state index contributed by atoms with van der Waals surface area (Å²) < 4.78 is 77.2. The Hall–Kier alpha value is -3.57. The van der Waals surface area contributed by atoms with E-state index in [9.17, 15) is 31.1 Å². The Labute approximate surface area is 179 Å². The minimum Gasteiger partial charge on any atom is -0.383 e. The Morgan fingerprint density at radius 3 is 2.03 bits per heavy atom. The Morgan fingerprint density at radius 2 is 1.56 bits per heavy atom. The Kier molecular flexibility index (Phi) is 7.17. The van der Waals surface area contributed by atoms with Crippen LogP contribution in [0.1, 0.15) is 35.5 Å². The van der Waals surface area contributed by atoms with E-state index in [-0.39, 0.29) is 28.5 Å². The van der Waals surface area contributed by atoms with Crippen LogP contribution < -0.4 is 11.1 Å². The second kappa shape index (κ2) is 9.28. The van der Waals surface area contributed by atoms with Crippen molar-refractivity contribution in [3.63, 3.8) is 0 Å². The monoisotopic (exact) mass is 459 g/mol. The van der Waals surface area contributed by atoms with Crippen LogP contribution >= 0.6 is 0 Å². The van der Waals surface area contributed by atoms with Gasteiger partial charge in [-0.1, -0.05) is 13.8 Å². The number of carbonyl (C=O) groups excluding carboxylic acids is 1. The molecule has 1 aromatic carbocycles. The maximum atomic E-state index is 12.8. The number of nitrogens with one attached hydrogen (secondary N) is 1. The zero-order valence-electron chi connectivity index (χ0n) is 17.1. The minimum absolute atomic E-state index is 0.0284. The number of hydrogen-bond acceptors (Lipinski definition) is 4. The fourth-order valence-electron chi connectivity index (χ4n) is 2.62. The van der Waals surface area contributed by atoms with E-state index in [1.54, 1.807) is 0 Å². The number of amides is 1. The van der Waals surface area contributed by atoms with E-state index in [4.69, 9.17) is 5.73 Å². The third kappa shape index (κ3) is 5.56. The molecule has 0 radical (unpaired) electrons. The summed E-state index contributed by atoms with van der Waals surface area (Å²) in [4.78, 5) is 16.1. The molecular weight excluding hydrogens is 440 g/mol. The molecule has 2 aromatic heterocycles. The number of pyridine rings is 1. The van der Waals surface area contributed by atoms with Gasteiger partial charge in [-0.2, -0.15) is 31.4 Å². The Balaban J connectivity index is 0.00000176. The third-order valence-corrected chi connectivity index (χ3v) is 4.09. The molecule has 0 aliphatic carbocycles. The van der Waals surface area contributed by atoms with E-state index in [2.05, 4.69) is 15.4 Å². The molecule has 6 nitrogen and oxygen atoms in total. The lowest BCUT2D eigenvalue weighted by atomic mass is 10.1. The quantitative estimate of drug-likeness (QED) is 0.515. The molecule has 0 atom stereocenters. The van der Waals surface area contributed by atoms with Crippen LogP contribution in [0.5, 0.6) is 0 Å². The van der Waals surface area contributed by atoms with Crippen molar-refractivity contribution in [2.75, 3.05) is 11.1 Å². The Morgan fingerprint density at radius 1 is 0.969 bits per heavy atom. The molecule has 0 aliphatic heterocycles. The fourth-order valence-corrected chi connectivity index (χ4v) is 2.62. The number of anilines is 2.